The Labute approximate surface area is 123 Å². The predicted octanol–water partition coefficient (Wildman–Crippen LogP) is 1.49. The van der Waals surface area contributed by atoms with Crippen LogP contribution >= 0.6 is 11.6 Å². The number of rotatable bonds is 4. The summed E-state index contributed by atoms with van der Waals surface area (Å²) in [5.74, 6) is -0.0206. The van der Waals surface area contributed by atoms with E-state index in [1.807, 2.05) is 6.92 Å². The van der Waals surface area contributed by atoms with Crippen LogP contribution in [-0.4, -0.2) is 32.0 Å². The lowest BCUT2D eigenvalue weighted by atomic mass is 9.88. The summed E-state index contributed by atoms with van der Waals surface area (Å²) >= 11 is 6.06. The minimum Gasteiger partial charge on any atom is -0.355 e. The fourth-order valence-corrected chi connectivity index (χ4v) is 2.20. The van der Waals surface area contributed by atoms with Gasteiger partial charge in [0.2, 0.25) is 5.91 Å². The van der Waals surface area contributed by atoms with Gasteiger partial charge in [0.1, 0.15) is 0 Å². The standard InChI is InChI=1S/C14H18ClN3O2/c1-8(10-6-17-7-10)13(19)18-12-5-9(14(20)16-2)3-4-11(12)15/h3-5,8,10,17H,6-7H2,1-2H3,(H,16,20)(H,18,19). The van der Waals surface area contributed by atoms with Gasteiger partial charge in [-0.1, -0.05) is 18.5 Å². The van der Waals surface area contributed by atoms with E-state index in [0.717, 1.165) is 13.1 Å². The molecule has 1 heterocycles. The maximum atomic E-state index is 12.2. The number of halogens is 1. The molecule has 1 aromatic rings. The zero-order chi connectivity index (χ0) is 14.7. The number of amides is 2. The first kappa shape index (κ1) is 14.8. The van der Waals surface area contributed by atoms with E-state index >= 15 is 0 Å². The molecular formula is C14H18ClN3O2. The van der Waals surface area contributed by atoms with Crippen LogP contribution in [0.2, 0.25) is 5.02 Å². The van der Waals surface area contributed by atoms with Crippen molar-refractivity contribution < 1.29 is 9.59 Å². The summed E-state index contributed by atoms with van der Waals surface area (Å²) in [6, 6.07) is 4.82. The van der Waals surface area contributed by atoms with Crippen molar-refractivity contribution in [1.29, 1.82) is 0 Å². The maximum absolute atomic E-state index is 12.2. The third kappa shape index (κ3) is 3.11. The van der Waals surface area contributed by atoms with Gasteiger partial charge in [0.05, 0.1) is 10.7 Å². The highest BCUT2D eigenvalue weighted by molar-refractivity contribution is 6.33. The van der Waals surface area contributed by atoms with Crippen LogP contribution in [0.3, 0.4) is 0 Å². The fourth-order valence-electron chi connectivity index (χ4n) is 2.03. The number of hydrogen-bond donors (Lipinski definition) is 3. The molecule has 0 bridgehead atoms. The van der Waals surface area contributed by atoms with Gasteiger partial charge in [-0.3, -0.25) is 9.59 Å². The van der Waals surface area contributed by atoms with E-state index in [4.69, 9.17) is 11.6 Å². The Bertz CT molecular complexity index is 529. The second kappa shape index (κ2) is 6.24. The Hall–Kier alpha value is -1.59. The van der Waals surface area contributed by atoms with Crippen molar-refractivity contribution in [3.05, 3.63) is 28.8 Å². The van der Waals surface area contributed by atoms with Gasteiger partial charge in [0.25, 0.3) is 5.91 Å². The van der Waals surface area contributed by atoms with E-state index in [0.29, 0.717) is 22.2 Å². The van der Waals surface area contributed by atoms with Crippen molar-refractivity contribution in [2.45, 2.75) is 6.92 Å². The normalized spacial score (nSPS) is 16.1. The molecule has 20 heavy (non-hydrogen) atoms. The largest absolute Gasteiger partial charge is 0.355 e. The molecule has 5 nitrogen and oxygen atoms in total. The number of hydrogen-bond acceptors (Lipinski definition) is 3. The minimum absolute atomic E-state index is 0.0764. The molecule has 2 amide bonds. The topological polar surface area (TPSA) is 70.2 Å². The summed E-state index contributed by atoms with van der Waals surface area (Å²) in [6.45, 7) is 3.62. The van der Waals surface area contributed by atoms with E-state index < -0.39 is 0 Å². The predicted molar refractivity (Wildman–Crippen MR) is 79.0 cm³/mol. The molecule has 0 spiro atoms. The van der Waals surface area contributed by atoms with Gasteiger partial charge in [-0.15, -0.1) is 0 Å². The number of anilines is 1. The molecule has 0 radical (unpaired) electrons. The van der Waals surface area contributed by atoms with Crippen LogP contribution in [0.4, 0.5) is 5.69 Å². The summed E-state index contributed by atoms with van der Waals surface area (Å²) in [7, 11) is 1.56. The minimum atomic E-state index is -0.214. The quantitative estimate of drug-likeness (QED) is 0.788. The highest BCUT2D eigenvalue weighted by Crippen LogP contribution is 2.25. The average molecular weight is 296 g/mol. The first-order chi connectivity index (χ1) is 9.52. The van der Waals surface area contributed by atoms with Gasteiger partial charge in [-0.25, -0.2) is 0 Å². The van der Waals surface area contributed by atoms with Crippen molar-refractivity contribution >= 4 is 29.1 Å². The Kier molecular flexibility index (Phi) is 4.62. The lowest BCUT2D eigenvalue weighted by Gasteiger charge is -2.31. The van der Waals surface area contributed by atoms with Crippen LogP contribution < -0.4 is 16.0 Å². The monoisotopic (exact) mass is 295 g/mol. The van der Waals surface area contributed by atoms with E-state index in [-0.39, 0.29) is 17.7 Å². The van der Waals surface area contributed by atoms with E-state index in [1.165, 1.54) is 0 Å². The molecule has 1 saturated heterocycles. The first-order valence-electron chi connectivity index (χ1n) is 6.56. The number of carbonyl (C=O) groups is 2. The highest BCUT2D eigenvalue weighted by atomic mass is 35.5. The summed E-state index contributed by atoms with van der Waals surface area (Å²) in [6.07, 6.45) is 0. The third-order valence-electron chi connectivity index (χ3n) is 3.65. The highest BCUT2D eigenvalue weighted by Gasteiger charge is 2.29. The van der Waals surface area contributed by atoms with Gasteiger partial charge >= 0.3 is 0 Å². The Morgan fingerprint density at radius 3 is 2.65 bits per heavy atom. The van der Waals surface area contributed by atoms with E-state index in [9.17, 15) is 9.59 Å². The number of nitrogens with one attached hydrogen (secondary N) is 3. The zero-order valence-corrected chi connectivity index (χ0v) is 12.3. The lowest BCUT2D eigenvalue weighted by molar-refractivity contribution is -0.121. The zero-order valence-electron chi connectivity index (χ0n) is 11.5. The molecule has 0 saturated carbocycles. The molecular weight excluding hydrogens is 278 g/mol. The van der Waals surface area contributed by atoms with Crippen molar-refractivity contribution in [1.82, 2.24) is 10.6 Å². The molecule has 1 fully saturated rings. The Balaban J connectivity index is 2.11. The van der Waals surface area contributed by atoms with Gasteiger partial charge in [-0.05, 0) is 37.2 Å². The number of benzene rings is 1. The van der Waals surface area contributed by atoms with E-state index in [1.54, 1.807) is 25.2 Å². The van der Waals surface area contributed by atoms with Crippen molar-refractivity contribution in [2.24, 2.45) is 11.8 Å². The number of carbonyl (C=O) groups excluding carboxylic acids is 2. The lowest BCUT2D eigenvalue weighted by Crippen LogP contribution is -2.48. The third-order valence-corrected chi connectivity index (χ3v) is 3.98. The van der Waals surface area contributed by atoms with Crippen molar-refractivity contribution in [3.63, 3.8) is 0 Å². The van der Waals surface area contributed by atoms with Crippen LogP contribution in [0.15, 0.2) is 18.2 Å². The van der Waals surface area contributed by atoms with Crippen LogP contribution in [0, 0.1) is 11.8 Å². The molecule has 6 heteroatoms. The summed E-state index contributed by atoms with van der Waals surface area (Å²) in [4.78, 5) is 23.7. The van der Waals surface area contributed by atoms with Crippen LogP contribution in [-0.2, 0) is 4.79 Å². The van der Waals surface area contributed by atoms with Gasteiger partial charge in [0, 0.05) is 18.5 Å². The molecule has 2 rings (SSSR count). The van der Waals surface area contributed by atoms with Gasteiger partial charge in [-0.2, -0.15) is 0 Å². The van der Waals surface area contributed by atoms with E-state index in [2.05, 4.69) is 16.0 Å². The summed E-state index contributed by atoms with van der Waals surface area (Å²) in [5, 5.41) is 8.90. The Morgan fingerprint density at radius 1 is 1.40 bits per heavy atom. The summed E-state index contributed by atoms with van der Waals surface area (Å²) < 4.78 is 0. The smallest absolute Gasteiger partial charge is 0.251 e. The van der Waals surface area contributed by atoms with Crippen molar-refractivity contribution in [3.8, 4) is 0 Å². The molecule has 1 aromatic carbocycles. The molecule has 3 N–H and O–H groups in total. The van der Waals surface area contributed by atoms with Crippen LogP contribution in [0.1, 0.15) is 17.3 Å². The SMILES string of the molecule is CNC(=O)c1ccc(Cl)c(NC(=O)C(C)C2CNC2)c1. The van der Waals surface area contributed by atoms with Gasteiger partial charge in [0.15, 0.2) is 0 Å². The van der Waals surface area contributed by atoms with Crippen LogP contribution in [0.5, 0.6) is 0 Å². The average Bonchev–Trinajstić information content (AvgIpc) is 2.38. The molecule has 108 valence electrons. The molecule has 1 atom stereocenters. The van der Waals surface area contributed by atoms with Crippen molar-refractivity contribution in [2.75, 3.05) is 25.5 Å². The summed E-state index contributed by atoms with van der Waals surface area (Å²) in [5.41, 5.74) is 0.932. The molecule has 0 aliphatic carbocycles. The van der Waals surface area contributed by atoms with Crippen LogP contribution in [0.25, 0.3) is 0 Å². The molecule has 1 aliphatic rings. The second-order valence-corrected chi connectivity index (χ2v) is 5.38. The maximum Gasteiger partial charge on any atom is 0.251 e. The molecule has 1 unspecified atom stereocenters. The molecule has 0 aromatic heterocycles. The van der Waals surface area contributed by atoms with Gasteiger partial charge < -0.3 is 16.0 Å². The fraction of sp³-hybridized carbons (Fsp3) is 0.429. The first-order valence-corrected chi connectivity index (χ1v) is 6.94. The molecule has 1 aliphatic heterocycles. The Morgan fingerprint density at radius 2 is 2.10 bits per heavy atom. The second-order valence-electron chi connectivity index (χ2n) is 4.97.